The Morgan fingerprint density at radius 1 is 1.33 bits per heavy atom. The number of nitrogens with one attached hydrogen (secondary N) is 2. The molecule has 24 heavy (non-hydrogen) atoms. The van der Waals surface area contributed by atoms with Crippen molar-refractivity contribution in [1.82, 2.24) is 15.5 Å². The number of aryl methyl sites for hydroxylation is 1. The molecule has 1 saturated carbocycles. The van der Waals surface area contributed by atoms with Crippen LogP contribution in [0.5, 0.6) is 0 Å². The van der Waals surface area contributed by atoms with E-state index < -0.39 is 0 Å². The minimum absolute atomic E-state index is 0.108. The summed E-state index contributed by atoms with van der Waals surface area (Å²) >= 11 is 3.06. The standard InChI is InChI=1S/C16H20N4O2S2/c1-9-19-20-16(24-9)18-15(21)10-6-14(23-8-10)12-7-13(12)17-11-2-4-22-5-3-11/h6,8,11-13,17H,2-5,7H2,1H3,(H,18,20,21)/t12-,13+/m0/s1. The van der Waals surface area contributed by atoms with Crippen molar-refractivity contribution in [2.45, 2.75) is 44.2 Å². The van der Waals surface area contributed by atoms with Gasteiger partial charge in [-0.25, -0.2) is 0 Å². The zero-order valence-corrected chi connectivity index (χ0v) is 15.1. The van der Waals surface area contributed by atoms with E-state index in [0.29, 0.717) is 28.7 Å². The maximum atomic E-state index is 12.3. The van der Waals surface area contributed by atoms with Crippen LogP contribution in [0.2, 0.25) is 0 Å². The zero-order chi connectivity index (χ0) is 16.5. The van der Waals surface area contributed by atoms with Crippen LogP contribution in [0.4, 0.5) is 5.13 Å². The van der Waals surface area contributed by atoms with Crippen LogP contribution >= 0.6 is 22.7 Å². The van der Waals surface area contributed by atoms with Crippen LogP contribution in [0.1, 0.15) is 45.4 Å². The van der Waals surface area contributed by atoms with Crippen molar-refractivity contribution in [2.24, 2.45) is 0 Å². The maximum absolute atomic E-state index is 12.3. The Kier molecular flexibility index (Phi) is 4.62. The van der Waals surface area contributed by atoms with Gasteiger partial charge in [0, 0.05) is 41.5 Å². The molecule has 2 aromatic rings. The molecule has 1 amide bonds. The second-order valence-electron chi connectivity index (χ2n) is 6.32. The molecule has 0 bridgehead atoms. The molecule has 1 aliphatic heterocycles. The highest BCUT2D eigenvalue weighted by molar-refractivity contribution is 7.15. The van der Waals surface area contributed by atoms with Crippen molar-refractivity contribution in [3.05, 3.63) is 26.9 Å². The number of nitrogens with zero attached hydrogens (tertiary/aromatic N) is 2. The predicted molar refractivity (Wildman–Crippen MR) is 95.0 cm³/mol. The Morgan fingerprint density at radius 3 is 2.92 bits per heavy atom. The van der Waals surface area contributed by atoms with Gasteiger partial charge < -0.3 is 10.1 Å². The first-order valence-corrected chi connectivity index (χ1v) is 9.92. The summed E-state index contributed by atoms with van der Waals surface area (Å²) in [7, 11) is 0. The molecule has 3 heterocycles. The topological polar surface area (TPSA) is 76.1 Å². The van der Waals surface area contributed by atoms with Gasteiger partial charge in [-0.05, 0) is 32.3 Å². The van der Waals surface area contributed by atoms with E-state index >= 15 is 0 Å². The fraction of sp³-hybridized carbons (Fsp3) is 0.562. The quantitative estimate of drug-likeness (QED) is 0.853. The molecular weight excluding hydrogens is 344 g/mol. The Hall–Kier alpha value is -1.35. The monoisotopic (exact) mass is 364 g/mol. The van der Waals surface area contributed by atoms with Gasteiger partial charge in [-0.1, -0.05) is 11.3 Å². The highest BCUT2D eigenvalue weighted by Gasteiger charge is 2.40. The minimum atomic E-state index is -0.108. The van der Waals surface area contributed by atoms with Gasteiger partial charge in [0.1, 0.15) is 5.01 Å². The summed E-state index contributed by atoms with van der Waals surface area (Å²) in [6.45, 7) is 3.60. The number of thiophene rings is 1. The van der Waals surface area contributed by atoms with E-state index in [2.05, 4.69) is 20.8 Å². The summed E-state index contributed by atoms with van der Waals surface area (Å²) in [4.78, 5) is 13.6. The van der Waals surface area contributed by atoms with E-state index in [1.807, 2.05) is 18.4 Å². The van der Waals surface area contributed by atoms with Crippen molar-refractivity contribution in [2.75, 3.05) is 18.5 Å². The Balaban J connectivity index is 1.32. The average molecular weight is 364 g/mol. The molecule has 4 rings (SSSR count). The molecule has 8 heteroatoms. The van der Waals surface area contributed by atoms with Gasteiger partial charge in [-0.15, -0.1) is 21.5 Å². The number of aromatic nitrogens is 2. The fourth-order valence-corrected chi connectivity index (χ4v) is 4.70. The van der Waals surface area contributed by atoms with E-state index in [9.17, 15) is 4.79 Å². The SMILES string of the molecule is Cc1nnc(NC(=O)c2csc([C@H]3C[C@H]3NC3CCOCC3)c2)s1. The van der Waals surface area contributed by atoms with E-state index in [-0.39, 0.29) is 5.91 Å². The van der Waals surface area contributed by atoms with Crippen molar-refractivity contribution >= 4 is 33.7 Å². The summed E-state index contributed by atoms with van der Waals surface area (Å²) in [5.41, 5.74) is 0.708. The number of hydrogen-bond donors (Lipinski definition) is 2. The minimum Gasteiger partial charge on any atom is -0.381 e. The van der Waals surface area contributed by atoms with Crippen LogP contribution < -0.4 is 10.6 Å². The smallest absolute Gasteiger partial charge is 0.258 e. The largest absolute Gasteiger partial charge is 0.381 e. The number of carbonyl (C=O) groups excluding carboxylic acids is 1. The molecule has 2 atom stereocenters. The van der Waals surface area contributed by atoms with Gasteiger partial charge in [-0.3, -0.25) is 10.1 Å². The molecule has 0 spiro atoms. The number of hydrogen-bond acceptors (Lipinski definition) is 7. The van der Waals surface area contributed by atoms with E-state index in [4.69, 9.17) is 4.74 Å². The lowest BCUT2D eigenvalue weighted by atomic mass is 10.1. The third-order valence-corrected chi connectivity index (χ3v) is 6.27. The molecule has 0 unspecified atom stereocenters. The first-order chi connectivity index (χ1) is 11.7. The van der Waals surface area contributed by atoms with Crippen LogP contribution in [-0.2, 0) is 4.74 Å². The average Bonchev–Trinajstić information content (AvgIpc) is 2.97. The highest BCUT2D eigenvalue weighted by atomic mass is 32.1. The summed E-state index contributed by atoms with van der Waals surface area (Å²) in [5.74, 6) is 0.436. The second kappa shape index (κ2) is 6.87. The van der Waals surface area contributed by atoms with Crippen molar-refractivity contribution < 1.29 is 9.53 Å². The Morgan fingerprint density at radius 2 is 2.17 bits per heavy atom. The van der Waals surface area contributed by atoms with Gasteiger partial charge in [0.2, 0.25) is 5.13 Å². The summed E-state index contributed by atoms with van der Waals surface area (Å²) in [6, 6.07) is 3.15. The summed E-state index contributed by atoms with van der Waals surface area (Å²) in [5, 5.41) is 17.7. The van der Waals surface area contributed by atoms with Crippen LogP contribution in [0.3, 0.4) is 0 Å². The third-order valence-electron chi connectivity index (χ3n) is 4.46. The number of carbonyl (C=O) groups is 1. The lowest BCUT2D eigenvalue weighted by Gasteiger charge is -2.23. The molecule has 2 aromatic heterocycles. The van der Waals surface area contributed by atoms with Crippen LogP contribution in [0.25, 0.3) is 0 Å². The summed E-state index contributed by atoms with van der Waals surface area (Å²) in [6.07, 6.45) is 3.36. The van der Waals surface area contributed by atoms with Crippen molar-refractivity contribution in [1.29, 1.82) is 0 Å². The molecule has 6 nitrogen and oxygen atoms in total. The van der Waals surface area contributed by atoms with E-state index in [1.165, 1.54) is 16.2 Å². The third kappa shape index (κ3) is 3.66. The first-order valence-electron chi connectivity index (χ1n) is 8.23. The molecule has 2 fully saturated rings. The lowest BCUT2D eigenvalue weighted by Crippen LogP contribution is -2.36. The lowest BCUT2D eigenvalue weighted by molar-refractivity contribution is 0.0774. The van der Waals surface area contributed by atoms with Gasteiger partial charge in [-0.2, -0.15) is 0 Å². The Bertz CT molecular complexity index is 723. The number of amides is 1. The Labute approximate surface area is 148 Å². The zero-order valence-electron chi connectivity index (χ0n) is 13.4. The van der Waals surface area contributed by atoms with Crippen LogP contribution in [0, 0.1) is 6.92 Å². The molecule has 0 radical (unpaired) electrons. The van der Waals surface area contributed by atoms with Crippen LogP contribution in [-0.4, -0.2) is 41.4 Å². The van der Waals surface area contributed by atoms with Gasteiger partial charge >= 0.3 is 0 Å². The highest BCUT2D eigenvalue weighted by Crippen LogP contribution is 2.44. The van der Waals surface area contributed by atoms with Gasteiger partial charge in [0.15, 0.2) is 0 Å². The molecule has 2 N–H and O–H groups in total. The second-order valence-corrected chi connectivity index (χ2v) is 8.44. The first kappa shape index (κ1) is 16.1. The van der Waals surface area contributed by atoms with Crippen molar-refractivity contribution in [3.8, 4) is 0 Å². The molecule has 1 saturated heterocycles. The number of rotatable bonds is 5. The molecule has 2 aliphatic rings. The van der Waals surface area contributed by atoms with Gasteiger partial charge in [0.05, 0.1) is 5.56 Å². The molecule has 128 valence electrons. The number of ether oxygens (including phenoxy) is 1. The fourth-order valence-electron chi connectivity index (χ4n) is 3.04. The van der Waals surface area contributed by atoms with Crippen LogP contribution in [0.15, 0.2) is 11.4 Å². The number of anilines is 1. The predicted octanol–water partition coefficient (Wildman–Crippen LogP) is 2.78. The normalized spacial score (nSPS) is 24.0. The van der Waals surface area contributed by atoms with E-state index in [1.54, 1.807) is 11.3 Å². The molecule has 1 aliphatic carbocycles. The molecule has 0 aromatic carbocycles. The van der Waals surface area contributed by atoms with Crippen molar-refractivity contribution in [3.63, 3.8) is 0 Å². The van der Waals surface area contributed by atoms with Gasteiger partial charge in [0.25, 0.3) is 5.91 Å². The molecular formula is C16H20N4O2S2. The maximum Gasteiger partial charge on any atom is 0.258 e. The summed E-state index contributed by atoms with van der Waals surface area (Å²) < 4.78 is 5.40. The van der Waals surface area contributed by atoms with E-state index in [0.717, 1.165) is 37.5 Å².